The summed E-state index contributed by atoms with van der Waals surface area (Å²) in [7, 11) is 0. The molecule has 4 nitrogen and oxygen atoms in total. The number of hydrogen-bond acceptors (Lipinski definition) is 4. The molecule has 1 saturated heterocycles. The van der Waals surface area contributed by atoms with Crippen molar-refractivity contribution in [1.82, 2.24) is 15.3 Å². The number of hydrogen-bond donors (Lipinski definition) is 1. The van der Waals surface area contributed by atoms with E-state index in [-0.39, 0.29) is 0 Å². The number of rotatable bonds is 2. The van der Waals surface area contributed by atoms with Gasteiger partial charge in [-0.15, -0.1) is 0 Å². The van der Waals surface area contributed by atoms with Gasteiger partial charge in [-0.1, -0.05) is 23.7 Å². The fourth-order valence-corrected chi connectivity index (χ4v) is 3.86. The van der Waals surface area contributed by atoms with Gasteiger partial charge in [-0.05, 0) is 44.9 Å². The first-order chi connectivity index (χ1) is 11.7. The van der Waals surface area contributed by atoms with Gasteiger partial charge in [0.15, 0.2) is 0 Å². The van der Waals surface area contributed by atoms with Crippen LogP contribution >= 0.6 is 11.6 Å². The van der Waals surface area contributed by atoms with Gasteiger partial charge >= 0.3 is 0 Å². The third-order valence-corrected chi connectivity index (χ3v) is 5.35. The molecule has 2 aromatic rings. The molecular weight excluding hydrogens is 320 g/mol. The number of benzene rings is 1. The maximum atomic E-state index is 6.07. The van der Waals surface area contributed by atoms with Crippen LogP contribution in [-0.4, -0.2) is 35.6 Å². The normalized spacial score (nSPS) is 20.8. The van der Waals surface area contributed by atoms with Crippen LogP contribution in [0, 0.1) is 0 Å². The van der Waals surface area contributed by atoms with Crippen molar-refractivity contribution in [1.29, 1.82) is 0 Å². The fourth-order valence-electron chi connectivity index (χ4n) is 3.74. The molecule has 1 atom stereocenters. The number of nitrogens with one attached hydrogen (secondary N) is 1. The summed E-state index contributed by atoms with van der Waals surface area (Å²) < 4.78 is 0. The summed E-state index contributed by atoms with van der Waals surface area (Å²) in [6.07, 6.45) is 4.38. The SMILES string of the molecule is CC1CCCN1c1nc2c(c(-c3ccc(Cl)cc3)n1)CCNCC2. The van der Waals surface area contributed by atoms with Crippen LogP contribution in [0.25, 0.3) is 11.3 Å². The zero-order valence-electron chi connectivity index (χ0n) is 14.1. The second-order valence-corrected chi connectivity index (χ2v) is 7.18. The Kier molecular flexibility index (Phi) is 4.42. The average Bonchev–Trinajstić information content (AvgIpc) is 2.88. The molecule has 1 aromatic heterocycles. The molecule has 3 heterocycles. The minimum absolute atomic E-state index is 0.519. The topological polar surface area (TPSA) is 41.1 Å². The minimum Gasteiger partial charge on any atom is -0.338 e. The van der Waals surface area contributed by atoms with Gasteiger partial charge in [0.05, 0.1) is 11.4 Å². The highest BCUT2D eigenvalue weighted by Crippen LogP contribution is 2.31. The van der Waals surface area contributed by atoms with Crippen LogP contribution in [0.5, 0.6) is 0 Å². The summed E-state index contributed by atoms with van der Waals surface area (Å²) in [5.41, 5.74) is 4.70. The monoisotopic (exact) mass is 342 g/mol. The molecule has 0 aliphatic carbocycles. The number of anilines is 1. The van der Waals surface area contributed by atoms with Crippen molar-refractivity contribution in [2.24, 2.45) is 0 Å². The lowest BCUT2D eigenvalue weighted by atomic mass is 10.0. The Morgan fingerprint density at radius 2 is 1.92 bits per heavy atom. The maximum absolute atomic E-state index is 6.07. The minimum atomic E-state index is 0.519. The van der Waals surface area contributed by atoms with Crippen LogP contribution in [0.2, 0.25) is 5.02 Å². The van der Waals surface area contributed by atoms with E-state index in [1.807, 2.05) is 12.1 Å². The summed E-state index contributed by atoms with van der Waals surface area (Å²) in [5, 5.41) is 4.24. The highest BCUT2D eigenvalue weighted by Gasteiger charge is 2.26. The summed E-state index contributed by atoms with van der Waals surface area (Å²) in [6, 6.07) is 8.54. The largest absolute Gasteiger partial charge is 0.338 e. The van der Waals surface area contributed by atoms with Crippen LogP contribution in [-0.2, 0) is 12.8 Å². The molecule has 2 aliphatic rings. The Hall–Kier alpha value is -1.65. The quantitative estimate of drug-likeness (QED) is 0.907. The van der Waals surface area contributed by atoms with Crippen LogP contribution in [0.15, 0.2) is 24.3 Å². The lowest BCUT2D eigenvalue weighted by molar-refractivity contribution is 0.703. The first-order valence-corrected chi connectivity index (χ1v) is 9.23. The zero-order valence-corrected chi connectivity index (χ0v) is 14.8. The molecule has 1 aromatic carbocycles. The summed E-state index contributed by atoms with van der Waals surface area (Å²) in [5.74, 6) is 0.894. The molecular formula is C19H23ClN4. The highest BCUT2D eigenvalue weighted by atomic mass is 35.5. The number of fused-ring (bicyclic) bond motifs is 1. The molecule has 24 heavy (non-hydrogen) atoms. The molecule has 0 spiro atoms. The zero-order chi connectivity index (χ0) is 16.5. The Morgan fingerprint density at radius 1 is 1.12 bits per heavy atom. The van der Waals surface area contributed by atoms with E-state index >= 15 is 0 Å². The van der Waals surface area contributed by atoms with Crippen molar-refractivity contribution in [2.45, 2.75) is 38.6 Å². The van der Waals surface area contributed by atoms with Crippen LogP contribution in [0.3, 0.4) is 0 Å². The molecule has 126 valence electrons. The van der Waals surface area contributed by atoms with Gasteiger partial charge in [0.25, 0.3) is 0 Å². The Balaban J connectivity index is 1.84. The van der Waals surface area contributed by atoms with E-state index in [4.69, 9.17) is 21.6 Å². The van der Waals surface area contributed by atoms with Crippen LogP contribution < -0.4 is 10.2 Å². The lowest BCUT2D eigenvalue weighted by Crippen LogP contribution is -2.29. The Bertz CT molecular complexity index is 729. The molecule has 0 radical (unpaired) electrons. The molecule has 1 fully saturated rings. The van der Waals surface area contributed by atoms with E-state index in [0.717, 1.165) is 54.7 Å². The average molecular weight is 343 g/mol. The molecule has 4 rings (SSSR count). The molecule has 2 aliphatic heterocycles. The van der Waals surface area contributed by atoms with E-state index in [2.05, 4.69) is 29.3 Å². The van der Waals surface area contributed by atoms with Crippen molar-refractivity contribution in [3.05, 3.63) is 40.5 Å². The van der Waals surface area contributed by atoms with Gasteiger partial charge in [-0.25, -0.2) is 9.97 Å². The van der Waals surface area contributed by atoms with Crippen molar-refractivity contribution >= 4 is 17.5 Å². The van der Waals surface area contributed by atoms with E-state index in [1.54, 1.807) is 0 Å². The number of nitrogens with zero attached hydrogens (tertiary/aromatic N) is 3. The summed E-state index contributed by atoms with van der Waals surface area (Å²) in [4.78, 5) is 12.3. The van der Waals surface area contributed by atoms with Crippen LogP contribution in [0.4, 0.5) is 5.95 Å². The van der Waals surface area contributed by atoms with Gasteiger partial charge in [-0.3, -0.25) is 0 Å². The molecule has 1 N–H and O–H groups in total. The third-order valence-electron chi connectivity index (χ3n) is 5.10. The smallest absolute Gasteiger partial charge is 0.226 e. The Morgan fingerprint density at radius 3 is 2.67 bits per heavy atom. The van der Waals surface area contributed by atoms with E-state index in [9.17, 15) is 0 Å². The predicted molar refractivity (Wildman–Crippen MR) is 98.8 cm³/mol. The van der Waals surface area contributed by atoms with Gasteiger partial charge in [-0.2, -0.15) is 0 Å². The predicted octanol–water partition coefficient (Wildman–Crippen LogP) is 3.47. The van der Waals surface area contributed by atoms with E-state index < -0.39 is 0 Å². The third kappa shape index (κ3) is 3.01. The maximum Gasteiger partial charge on any atom is 0.226 e. The first kappa shape index (κ1) is 15.9. The Labute approximate surface area is 148 Å². The second-order valence-electron chi connectivity index (χ2n) is 6.74. The highest BCUT2D eigenvalue weighted by molar-refractivity contribution is 6.30. The van der Waals surface area contributed by atoms with Crippen molar-refractivity contribution < 1.29 is 0 Å². The standard InChI is InChI=1S/C19H23ClN4/c1-13-3-2-12-24(13)19-22-17-9-11-21-10-8-16(17)18(23-19)14-4-6-15(20)7-5-14/h4-7,13,21H,2-3,8-12H2,1H3. The van der Waals surface area contributed by atoms with Crippen LogP contribution in [0.1, 0.15) is 31.0 Å². The number of aromatic nitrogens is 2. The van der Waals surface area contributed by atoms with E-state index in [0.29, 0.717) is 6.04 Å². The molecule has 5 heteroatoms. The van der Waals surface area contributed by atoms with Gasteiger partial charge < -0.3 is 10.2 Å². The second kappa shape index (κ2) is 6.69. The van der Waals surface area contributed by atoms with Crippen molar-refractivity contribution in [3.8, 4) is 11.3 Å². The fraction of sp³-hybridized carbons (Fsp3) is 0.474. The summed E-state index contributed by atoms with van der Waals surface area (Å²) >= 11 is 6.07. The molecule has 1 unspecified atom stereocenters. The molecule has 0 amide bonds. The lowest BCUT2D eigenvalue weighted by Gasteiger charge is -2.24. The van der Waals surface area contributed by atoms with Gasteiger partial charge in [0.1, 0.15) is 0 Å². The molecule has 0 bridgehead atoms. The van der Waals surface area contributed by atoms with Crippen molar-refractivity contribution in [2.75, 3.05) is 24.5 Å². The van der Waals surface area contributed by atoms with Crippen molar-refractivity contribution in [3.63, 3.8) is 0 Å². The summed E-state index contributed by atoms with van der Waals surface area (Å²) in [6.45, 7) is 5.29. The molecule has 0 saturated carbocycles. The number of halogens is 1. The van der Waals surface area contributed by atoms with Gasteiger partial charge in [0, 0.05) is 41.7 Å². The van der Waals surface area contributed by atoms with Gasteiger partial charge in [0.2, 0.25) is 5.95 Å². The van der Waals surface area contributed by atoms with E-state index in [1.165, 1.54) is 24.1 Å². The first-order valence-electron chi connectivity index (χ1n) is 8.85.